The highest BCUT2D eigenvalue weighted by atomic mass is 16.5. The Bertz CT molecular complexity index is 1380. The third kappa shape index (κ3) is 5.16. The molecular weight excluding hydrogens is 456 g/mol. The van der Waals surface area contributed by atoms with Crippen LogP contribution < -0.4 is 19.5 Å². The Morgan fingerprint density at radius 2 is 1.64 bits per heavy atom. The molecule has 188 valence electrons. The van der Waals surface area contributed by atoms with Crippen LogP contribution in [0.5, 0.6) is 17.2 Å². The Morgan fingerprint density at radius 1 is 0.917 bits per heavy atom. The van der Waals surface area contributed by atoms with Gasteiger partial charge in [0.05, 0.1) is 26.8 Å². The van der Waals surface area contributed by atoms with Crippen LogP contribution >= 0.6 is 0 Å². The van der Waals surface area contributed by atoms with Crippen LogP contribution in [0.1, 0.15) is 32.7 Å². The molecule has 4 aromatic rings. The molecule has 1 heterocycles. The maximum Gasteiger partial charge on any atom is 0.352 e. The summed E-state index contributed by atoms with van der Waals surface area (Å²) in [7, 11) is 4.90. The van der Waals surface area contributed by atoms with E-state index in [-0.39, 0.29) is 5.69 Å². The summed E-state index contributed by atoms with van der Waals surface area (Å²) in [6, 6.07) is 19.5. The molecule has 36 heavy (non-hydrogen) atoms. The number of carbonyl (C=O) groups is 1. The van der Waals surface area contributed by atoms with Crippen molar-refractivity contribution in [2.45, 2.75) is 26.4 Å². The Hall–Kier alpha value is -3.97. The van der Waals surface area contributed by atoms with Gasteiger partial charge >= 0.3 is 5.97 Å². The summed E-state index contributed by atoms with van der Waals surface area (Å²) < 4.78 is 18.2. The topological polar surface area (TPSA) is 82.0 Å². The zero-order valence-electron chi connectivity index (χ0n) is 21.1. The van der Waals surface area contributed by atoms with Crippen molar-refractivity contribution in [3.8, 4) is 17.2 Å². The van der Waals surface area contributed by atoms with Gasteiger partial charge in [-0.3, -0.25) is 0 Å². The smallest absolute Gasteiger partial charge is 0.352 e. The SMILES string of the molecule is COc1ccc(OC)c(CCNCc2c(C(=O)O)n(Cc3ccccc3C)c3cc(OC)ccc23)c1. The number of hydrogen-bond acceptors (Lipinski definition) is 5. The molecule has 0 saturated heterocycles. The van der Waals surface area contributed by atoms with Crippen LogP contribution in [-0.4, -0.2) is 43.5 Å². The standard InChI is InChI=1S/C29H32N2O5/c1-19-7-5-6-8-21(19)18-31-26-16-23(35-3)9-11-24(26)25(28(31)29(32)33)17-30-14-13-20-15-22(34-2)10-12-27(20)36-4/h5-12,15-16,30H,13-14,17-18H2,1-4H3,(H,32,33). The summed E-state index contributed by atoms with van der Waals surface area (Å²) in [6.07, 6.45) is 0.707. The molecule has 0 radical (unpaired) electrons. The zero-order chi connectivity index (χ0) is 25.7. The van der Waals surface area contributed by atoms with E-state index in [2.05, 4.69) is 5.32 Å². The third-order valence-electron chi connectivity index (χ3n) is 6.53. The van der Waals surface area contributed by atoms with E-state index in [1.54, 1.807) is 21.3 Å². The summed E-state index contributed by atoms with van der Waals surface area (Å²) in [5.41, 5.74) is 5.09. The van der Waals surface area contributed by atoms with Crippen molar-refractivity contribution in [2.24, 2.45) is 0 Å². The van der Waals surface area contributed by atoms with E-state index >= 15 is 0 Å². The summed E-state index contributed by atoms with van der Waals surface area (Å²) in [5.74, 6) is 1.30. The molecule has 0 aliphatic carbocycles. The van der Waals surface area contributed by atoms with Gasteiger partial charge in [-0.05, 0) is 66.9 Å². The van der Waals surface area contributed by atoms with Crippen molar-refractivity contribution in [3.63, 3.8) is 0 Å². The lowest BCUT2D eigenvalue weighted by molar-refractivity contribution is 0.0684. The average Bonchev–Trinajstić information content (AvgIpc) is 3.20. The fourth-order valence-corrected chi connectivity index (χ4v) is 4.59. The number of benzene rings is 3. The van der Waals surface area contributed by atoms with Gasteiger partial charge in [0.25, 0.3) is 0 Å². The first kappa shape index (κ1) is 25.1. The van der Waals surface area contributed by atoms with Crippen LogP contribution in [0.25, 0.3) is 10.9 Å². The lowest BCUT2D eigenvalue weighted by atomic mass is 10.1. The first-order valence-corrected chi connectivity index (χ1v) is 11.8. The number of carboxylic acid groups (broad SMARTS) is 1. The molecule has 0 spiro atoms. The average molecular weight is 489 g/mol. The molecule has 2 N–H and O–H groups in total. The number of aromatic nitrogens is 1. The number of ether oxygens (including phenoxy) is 3. The van der Waals surface area contributed by atoms with Crippen molar-refractivity contribution in [3.05, 3.63) is 88.6 Å². The van der Waals surface area contributed by atoms with Crippen molar-refractivity contribution in [1.82, 2.24) is 9.88 Å². The normalized spacial score (nSPS) is 11.0. The molecular formula is C29H32N2O5. The van der Waals surface area contributed by atoms with Crippen molar-refractivity contribution in [1.29, 1.82) is 0 Å². The van der Waals surface area contributed by atoms with Gasteiger partial charge in [-0.1, -0.05) is 24.3 Å². The van der Waals surface area contributed by atoms with E-state index in [4.69, 9.17) is 14.2 Å². The lowest BCUT2D eigenvalue weighted by Gasteiger charge is -2.12. The third-order valence-corrected chi connectivity index (χ3v) is 6.53. The monoisotopic (exact) mass is 488 g/mol. The second kappa shape index (κ2) is 11.2. The van der Waals surface area contributed by atoms with E-state index in [0.29, 0.717) is 31.8 Å². The number of nitrogens with one attached hydrogen (secondary N) is 1. The van der Waals surface area contributed by atoms with E-state index in [1.165, 1.54) is 0 Å². The minimum absolute atomic E-state index is 0.285. The fourth-order valence-electron chi connectivity index (χ4n) is 4.59. The van der Waals surface area contributed by atoms with Crippen LogP contribution in [-0.2, 0) is 19.5 Å². The van der Waals surface area contributed by atoms with Crippen LogP contribution in [0.2, 0.25) is 0 Å². The van der Waals surface area contributed by atoms with Gasteiger partial charge in [0, 0.05) is 30.1 Å². The minimum Gasteiger partial charge on any atom is -0.497 e. The van der Waals surface area contributed by atoms with Gasteiger partial charge in [0.1, 0.15) is 22.9 Å². The molecule has 4 rings (SSSR count). The molecule has 0 aliphatic heterocycles. The molecule has 0 saturated carbocycles. The van der Waals surface area contributed by atoms with Gasteiger partial charge in [-0.2, -0.15) is 0 Å². The molecule has 7 heteroatoms. The second-order valence-corrected chi connectivity index (χ2v) is 8.63. The summed E-state index contributed by atoms with van der Waals surface area (Å²) in [4.78, 5) is 12.5. The van der Waals surface area contributed by atoms with Crippen LogP contribution in [0.4, 0.5) is 0 Å². The Labute approximate surface area is 211 Å². The van der Waals surface area contributed by atoms with E-state index in [9.17, 15) is 9.90 Å². The lowest BCUT2D eigenvalue weighted by Crippen LogP contribution is -2.20. The van der Waals surface area contributed by atoms with Gasteiger partial charge in [-0.25, -0.2) is 4.79 Å². The number of hydrogen-bond donors (Lipinski definition) is 2. The number of carboxylic acids is 1. The van der Waals surface area contributed by atoms with Gasteiger partial charge in [0.2, 0.25) is 0 Å². The largest absolute Gasteiger partial charge is 0.497 e. The number of methoxy groups -OCH3 is 3. The predicted molar refractivity (Wildman–Crippen MR) is 141 cm³/mol. The highest BCUT2D eigenvalue weighted by Crippen LogP contribution is 2.31. The molecule has 1 aromatic heterocycles. The van der Waals surface area contributed by atoms with Crippen molar-refractivity contribution >= 4 is 16.9 Å². The fraction of sp³-hybridized carbons (Fsp3) is 0.276. The first-order chi connectivity index (χ1) is 17.5. The van der Waals surface area contributed by atoms with Gasteiger partial charge in [-0.15, -0.1) is 0 Å². The quantitative estimate of drug-likeness (QED) is 0.288. The molecule has 0 aliphatic rings. The molecule has 0 atom stereocenters. The number of nitrogens with zero attached hydrogens (tertiary/aromatic N) is 1. The number of fused-ring (bicyclic) bond motifs is 1. The molecule has 0 unspecified atom stereocenters. The molecule has 0 bridgehead atoms. The van der Waals surface area contributed by atoms with Crippen molar-refractivity contribution < 1.29 is 24.1 Å². The highest BCUT2D eigenvalue weighted by Gasteiger charge is 2.23. The minimum atomic E-state index is -0.954. The van der Waals surface area contributed by atoms with E-state index in [0.717, 1.165) is 44.7 Å². The van der Waals surface area contributed by atoms with Gasteiger partial charge in [0.15, 0.2) is 0 Å². The maximum absolute atomic E-state index is 12.5. The summed E-state index contributed by atoms with van der Waals surface area (Å²) >= 11 is 0. The second-order valence-electron chi connectivity index (χ2n) is 8.63. The first-order valence-electron chi connectivity index (χ1n) is 11.8. The molecule has 0 amide bonds. The molecule has 3 aromatic carbocycles. The Morgan fingerprint density at radius 3 is 2.33 bits per heavy atom. The van der Waals surface area contributed by atoms with Crippen molar-refractivity contribution in [2.75, 3.05) is 27.9 Å². The molecule has 7 nitrogen and oxygen atoms in total. The van der Waals surface area contributed by atoms with E-state index in [1.807, 2.05) is 72.2 Å². The predicted octanol–water partition coefficient (Wildman–Crippen LogP) is 5.05. The van der Waals surface area contributed by atoms with E-state index < -0.39 is 5.97 Å². The van der Waals surface area contributed by atoms with Crippen LogP contribution in [0.15, 0.2) is 60.7 Å². The van der Waals surface area contributed by atoms with Crippen LogP contribution in [0, 0.1) is 6.92 Å². The number of rotatable bonds is 11. The van der Waals surface area contributed by atoms with Crippen LogP contribution in [0.3, 0.4) is 0 Å². The zero-order valence-corrected chi connectivity index (χ0v) is 21.1. The van der Waals surface area contributed by atoms with Gasteiger partial charge < -0.3 is 29.2 Å². The number of aryl methyl sites for hydroxylation is 1. The maximum atomic E-state index is 12.5. The molecule has 0 fully saturated rings. The summed E-state index contributed by atoms with van der Waals surface area (Å²) in [5, 5.41) is 14.6. The Balaban J connectivity index is 1.65. The number of aromatic carboxylic acids is 1. The highest BCUT2D eigenvalue weighted by molar-refractivity contribution is 5.98. The Kier molecular flexibility index (Phi) is 7.80. The summed E-state index contributed by atoms with van der Waals surface area (Å²) in [6.45, 7) is 3.55.